The molecule has 5 heteroatoms. The molecular formula is C19H23ClN2OS. The molecule has 0 aromatic carbocycles. The molecule has 2 atom stereocenters. The maximum Gasteiger partial charge on any atom is 0.105 e. The second-order valence-corrected chi connectivity index (χ2v) is 8.73. The van der Waals surface area contributed by atoms with Gasteiger partial charge < -0.3 is 4.74 Å². The van der Waals surface area contributed by atoms with E-state index < -0.39 is 0 Å². The normalized spacial score (nSPS) is 27.4. The zero-order valence-corrected chi connectivity index (χ0v) is 15.8. The molecule has 2 aliphatic heterocycles. The number of piperidine rings is 1. The summed E-state index contributed by atoms with van der Waals surface area (Å²) in [5.74, 6) is 0. The van der Waals surface area contributed by atoms with Gasteiger partial charge >= 0.3 is 0 Å². The fraction of sp³-hybridized carbons (Fsp3) is 0.526. The fourth-order valence-electron chi connectivity index (χ4n) is 4.11. The van der Waals surface area contributed by atoms with Crippen molar-refractivity contribution in [3.05, 3.63) is 50.4 Å². The first kappa shape index (κ1) is 16.5. The van der Waals surface area contributed by atoms with Crippen molar-refractivity contribution in [2.45, 2.75) is 51.3 Å². The van der Waals surface area contributed by atoms with Crippen LogP contribution in [0.3, 0.4) is 0 Å². The first-order valence-electron chi connectivity index (χ1n) is 8.65. The first-order chi connectivity index (χ1) is 11.6. The molecule has 3 nitrogen and oxygen atoms in total. The summed E-state index contributed by atoms with van der Waals surface area (Å²) in [4.78, 5) is 8.56. The number of aromatic nitrogens is 1. The van der Waals surface area contributed by atoms with Gasteiger partial charge in [-0.15, -0.1) is 11.3 Å². The van der Waals surface area contributed by atoms with Gasteiger partial charge in [0.05, 0.1) is 16.6 Å². The minimum Gasteiger partial charge on any atom is -0.369 e. The van der Waals surface area contributed by atoms with Gasteiger partial charge in [-0.25, -0.2) is 0 Å². The summed E-state index contributed by atoms with van der Waals surface area (Å²) in [5.41, 5.74) is 3.52. The monoisotopic (exact) mass is 362 g/mol. The first-order valence-corrected chi connectivity index (χ1v) is 9.84. The van der Waals surface area contributed by atoms with Crippen molar-refractivity contribution in [1.29, 1.82) is 0 Å². The average molecular weight is 363 g/mol. The number of thiophene rings is 1. The number of likely N-dealkylation sites (tertiary alicyclic amines) is 1. The Morgan fingerprint density at radius 2 is 2.33 bits per heavy atom. The van der Waals surface area contributed by atoms with E-state index in [9.17, 15) is 0 Å². The molecule has 0 saturated carbocycles. The summed E-state index contributed by atoms with van der Waals surface area (Å²) >= 11 is 8.00. The quantitative estimate of drug-likeness (QED) is 0.783. The predicted octanol–water partition coefficient (Wildman–Crippen LogP) is 4.56. The van der Waals surface area contributed by atoms with Gasteiger partial charge in [-0.3, -0.25) is 9.88 Å². The van der Waals surface area contributed by atoms with Gasteiger partial charge in [0.15, 0.2) is 0 Å². The van der Waals surface area contributed by atoms with Crippen molar-refractivity contribution < 1.29 is 4.74 Å². The molecule has 4 heterocycles. The van der Waals surface area contributed by atoms with Gasteiger partial charge in [-0.2, -0.15) is 0 Å². The van der Waals surface area contributed by atoms with E-state index in [1.807, 2.05) is 0 Å². The maximum absolute atomic E-state index is 6.34. The van der Waals surface area contributed by atoms with Gasteiger partial charge in [-0.1, -0.05) is 17.7 Å². The number of pyridine rings is 1. The second-order valence-electron chi connectivity index (χ2n) is 7.04. The molecular weight excluding hydrogens is 340 g/mol. The highest BCUT2D eigenvalue weighted by atomic mass is 35.5. The summed E-state index contributed by atoms with van der Waals surface area (Å²) < 4.78 is 7.24. The third kappa shape index (κ3) is 3.01. The van der Waals surface area contributed by atoms with Gasteiger partial charge in [0.2, 0.25) is 0 Å². The lowest BCUT2D eigenvalue weighted by atomic mass is 9.82. The number of fused-ring (bicyclic) bond motifs is 2. The zero-order valence-electron chi connectivity index (χ0n) is 14.2. The number of halogens is 1. The lowest BCUT2D eigenvalue weighted by Crippen LogP contribution is -2.50. The van der Waals surface area contributed by atoms with Crippen LogP contribution in [0.2, 0.25) is 4.34 Å². The van der Waals surface area contributed by atoms with Gasteiger partial charge in [0.25, 0.3) is 0 Å². The Bertz CT molecular complexity index is 747. The maximum atomic E-state index is 6.34. The Morgan fingerprint density at radius 1 is 1.46 bits per heavy atom. The van der Waals surface area contributed by atoms with Gasteiger partial charge in [0.1, 0.15) is 5.60 Å². The fourth-order valence-corrected chi connectivity index (χ4v) is 5.59. The summed E-state index contributed by atoms with van der Waals surface area (Å²) in [5, 5.41) is 0. The van der Waals surface area contributed by atoms with Crippen LogP contribution in [-0.2, 0) is 23.3 Å². The summed E-state index contributed by atoms with van der Waals surface area (Å²) in [6.45, 7) is 7.12. The number of nitrogens with zero attached hydrogens (tertiary/aromatic N) is 2. The summed E-state index contributed by atoms with van der Waals surface area (Å²) in [6.07, 6.45) is 3.06. The number of ether oxygens (including phenoxy) is 1. The lowest BCUT2D eigenvalue weighted by molar-refractivity contribution is -0.110. The van der Waals surface area contributed by atoms with E-state index in [2.05, 4.69) is 48.0 Å². The molecule has 0 N–H and O–H groups in total. The lowest BCUT2D eigenvalue weighted by Gasteiger charge is -2.47. The van der Waals surface area contributed by atoms with Crippen LogP contribution in [0, 0.1) is 6.92 Å². The average Bonchev–Trinajstić information content (AvgIpc) is 2.93. The predicted molar refractivity (Wildman–Crippen MR) is 98.7 cm³/mol. The van der Waals surface area contributed by atoms with Crippen molar-refractivity contribution in [3.8, 4) is 0 Å². The molecule has 24 heavy (non-hydrogen) atoms. The highest BCUT2D eigenvalue weighted by Crippen LogP contribution is 2.47. The molecule has 2 aromatic rings. The molecule has 1 saturated heterocycles. The highest BCUT2D eigenvalue weighted by molar-refractivity contribution is 7.16. The van der Waals surface area contributed by atoms with Crippen LogP contribution in [-0.4, -0.2) is 29.1 Å². The van der Waals surface area contributed by atoms with Crippen molar-refractivity contribution in [3.63, 3.8) is 0 Å². The Kier molecular flexibility index (Phi) is 4.42. The van der Waals surface area contributed by atoms with Crippen LogP contribution in [0.5, 0.6) is 0 Å². The minimum absolute atomic E-state index is 0.124. The van der Waals surface area contributed by atoms with E-state index in [1.54, 1.807) is 11.3 Å². The van der Waals surface area contributed by atoms with Gasteiger partial charge in [-0.05, 0) is 56.9 Å². The van der Waals surface area contributed by atoms with E-state index in [0.29, 0.717) is 6.04 Å². The van der Waals surface area contributed by atoms with Crippen molar-refractivity contribution in [2.24, 2.45) is 0 Å². The van der Waals surface area contributed by atoms with Crippen molar-refractivity contribution >= 4 is 22.9 Å². The molecule has 2 aromatic heterocycles. The smallest absolute Gasteiger partial charge is 0.105 e. The standard InChI is InChI=1S/C19H23ClN2OS/c1-13-4-3-5-16(21-13)12-22-8-7-19(11-14(22)2)18-15(6-9-23-19)10-17(20)24-18/h3-5,10,14H,6-9,11-12H2,1-2H3/t14-,19+/m0/s1. The Hall–Kier alpha value is -0.940. The second kappa shape index (κ2) is 6.41. The molecule has 1 fully saturated rings. The van der Waals surface area contributed by atoms with Crippen molar-refractivity contribution in [1.82, 2.24) is 9.88 Å². The molecule has 1 spiro atoms. The number of hydrogen-bond acceptors (Lipinski definition) is 4. The zero-order chi connectivity index (χ0) is 16.7. The molecule has 128 valence electrons. The Morgan fingerprint density at radius 3 is 3.12 bits per heavy atom. The highest BCUT2D eigenvalue weighted by Gasteiger charge is 2.44. The van der Waals surface area contributed by atoms with Crippen LogP contribution in [0.1, 0.15) is 41.6 Å². The van der Waals surface area contributed by atoms with E-state index in [1.165, 1.54) is 10.4 Å². The molecule has 0 amide bonds. The number of rotatable bonds is 2. The minimum atomic E-state index is -0.124. The third-order valence-corrected chi connectivity index (χ3v) is 6.80. The summed E-state index contributed by atoms with van der Waals surface area (Å²) in [7, 11) is 0. The Balaban J connectivity index is 1.53. The molecule has 0 bridgehead atoms. The topological polar surface area (TPSA) is 25.4 Å². The van der Waals surface area contributed by atoms with Crippen LogP contribution >= 0.6 is 22.9 Å². The largest absolute Gasteiger partial charge is 0.369 e. The van der Waals surface area contributed by atoms with E-state index in [0.717, 1.165) is 54.7 Å². The van der Waals surface area contributed by atoms with Gasteiger partial charge in [0, 0.05) is 29.7 Å². The van der Waals surface area contributed by atoms with E-state index >= 15 is 0 Å². The molecule has 0 unspecified atom stereocenters. The molecule has 4 rings (SSSR count). The van der Waals surface area contributed by atoms with E-state index in [4.69, 9.17) is 16.3 Å². The van der Waals surface area contributed by atoms with Crippen LogP contribution in [0.4, 0.5) is 0 Å². The van der Waals surface area contributed by atoms with E-state index in [-0.39, 0.29) is 5.60 Å². The third-order valence-electron chi connectivity index (χ3n) is 5.30. The Labute approximate surface area is 152 Å². The van der Waals surface area contributed by atoms with Crippen LogP contribution < -0.4 is 0 Å². The SMILES string of the molecule is Cc1cccc(CN2CC[C@]3(C[C@@H]2C)OCCc2cc(Cl)sc23)n1. The summed E-state index contributed by atoms with van der Waals surface area (Å²) in [6, 6.07) is 8.87. The van der Waals surface area contributed by atoms with Crippen LogP contribution in [0.25, 0.3) is 0 Å². The number of hydrogen-bond donors (Lipinski definition) is 0. The number of aryl methyl sites for hydroxylation is 1. The molecule has 2 aliphatic rings. The van der Waals surface area contributed by atoms with Crippen molar-refractivity contribution in [2.75, 3.05) is 13.2 Å². The van der Waals surface area contributed by atoms with Crippen LogP contribution in [0.15, 0.2) is 24.3 Å². The molecule has 0 aliphatic carbocycles. The molecule has 0 radical (unpaired) electrons.